The van der Waals surface area contributed by atoms with E-state index >= 15 is 0 Å². The number of nitrogens with one attached hydrogen (secondary N) is 1. The third kappa shape index (κ3) is 39.6. The lowest BCUT2D eigenvalue weighted by Crippen LogP contribution is -2.61. The summed E-state index contributed by atoms with van der Waals surface area (Å²) in [6, 6.07) is -1.04. The Morgan fingerprint density at radius 2 is 0.960 bits per heavy atom. The zero-order chi connectivity index (χ0) is 54.7. The van der Waals surface area contributed by atoms with Crippen LogP contribution in [0, 0.1) is 0 Å². The molecule has 1 aliphatic rings. The Bertz CT molecular complexity index is 1580. The molecule has 1 fully saturated rings. The lowest BCUT2D eigenvalue weighted by Gasteiger charge is -2.41. The van der Waals surface area contributed by atoms with Crippen LogP contribution >= 0.6 is 0 Å². The van der Waals surface area contributed by atoms with Crippen LogP contribution in [0.25, 0.3) is 0 Å². The highest BCUT2D eigenvalue weighted by atomic mass is 16.7. The van der Waals surface area contributed by atoms with Gasteiger partial charge in [0, 0.05) is 6.42 Å². The Kier molecular flexibility index (Phi) is 47.6. The van der Waals surface area contributed by atoms with E-state index in [0.29, 0.717) is 12.8 Å². The van der Waals surface area contributed by atoms with Crippen LogP contribution in [0.1, 0.15) is 233 Å². The van der Waals surface area contributed by atoms with Gasteiger partial charge in [-0.25, -0.2) is 0 Å². The van der Waals surface area contributed by atoms with Gasteiger partial charge in [-0.3, -0.25) is 9.59 Å². The van der Waals surface area contributed by atoms with Gasteiger partial charge in [-0.2, -0.15) is 0 Å². The molecule has 8 atom stereocenters. The zero-order valence-electron chi connectivity index (χ0n) is 47.4. The van der Waals surface area contributed by atoms with Crippen LogP contribution in [0.5, 0.6) is 0 Å². The van der Waals surface area contributed by atoms with Gasteiger partial charge in [-0.1, -0.05) is 227 Å². The van der Waals surface area contributed by atoms with Gasteiger partial charge in [0.2, 0.25) is 5.91 Å². The Morgan fingerprint density at radius 3 is 1.44 bits per heavy atom. The van der Waals surface area contributed by atoms with Gasteiger partial charge in [-0.05, 0) is 96.3 Å². The first-order valence-electron chi connectivity index (χ1n) is 30.0. The highest BCUT2D eigenvalue weighted by molar-refractivity contribution is 5.80. The Balaban J connectivity index is 2.72. The number of carbonyl (C=O) groups excluding carboxylic acids is 2. The van der Waals surface area contributed by atoms with Crippen LogP contribution in [0.4, 0.5) is 0 Å². The molecule has 0 spiro atoms. The van der Waals surface area contributed by atoms with Gasteiger partial charge in [0.15, 0.2) is 12.4 Å². The molecule has 1 saturated heterocycles. The molecule has 6 N–H and O–H groups in total. The van der Waals surface area contributed by atoms with Gasteiger partial charge >= 0.3 is 5.97 Å². The highest BCUT2D eigenvalue weighted by Gasteiger charge is 2.47. The maximum absolute atomic E-state index is 13.4. The summed E-state index contributed by atoms with van der Waals surface area (Å²) >= 11 is 0. The summed E-state index contributed by atoms with van der Waals surface area (Å²) in [5.41, 5.74) is 0. The number of amides is 1. The predicted molar refractivity (Wildman–Crippen MR) is 310 cm³/mol. The van der Waals surface area contributed by atoms with Crippen LogP contribution in [-0.4, -0.2) is 99.6 Å². The third-order valence-corrected chi connectivity index (χ3v) is 13.5. The van der Waals surface area contributed by atoms with Crippen molar-refractivity contribution in [1.82, 2.24) is 5.32 Å². The van der Waals surface area contributed by atoms with Crippen molar-refractivity contribution in [3.8, 4) is 0 Å². The summed E-state index contributed by atoms with van der Waals surface area (Å²) in [4.78, 5) is 26.5. The maximum atomic E-state index is 13.4. The number of ether oxygens (including phenoxy) is 3. The van der Waals surface area contributed by atoms with E-state index in [9.17, 15) is 35.1 Å². The fourth-order valence-electron chi connectivity index (χ4n) is 8.77. The van der Waals surface area contributed by atoms with Crippen molar-refractivity contribution < 1.29 is 49.3 Å². The van der Waals surface area contributed by atoms with Crippen molar-refractivity contribution in [2.75, 3.05) is 13.2 Å². The Morgan fingerprint density at radius 1 is 0.533 bits per heavy atom. The largest absolute Gasteiger partial charge is 0.454 e. The van der Waals surface area contributed by atoms with Gasteiger partial charge in [-0.15, -0.1) is 0 Å². The molecule has 8 unspecified atom stereocenters. The first-order valence-corrected chi connectivity index (χ1v) is 30.0. The normalized spacial score (nSPS) is 19.9. The van der Waals surface area contributed by atoms with E-state index in [1.54, 1.807) is 6.08 Å². The van der Waals surface area contributed by atoms with Crippen molar-refractivity contribution in [3.05, 3.63) is 97.2 Å². The summed E-state index contributed by atoms with van der Waals surface area (Å²) in [6.45, 7) is 5.53. The lowest BCUT2D eigenvalue weighted by atomic mass is 9.99. The number of aliphatic hydroxyl groups is 5. The first kappa shape index (κ1) is 69.6. The van der Waals surface area contributed by atoms with E-state index in [4.69, 9.17) is 14.2 Å². The second kappa shape index (κ2) is 51.3. The summed E-state index contributed by atoms with van der Waals surface area (Å²) in [5.74, 6) is -1.23. The summed E-state index contributed by atoms with van der Waals surface area (Å²) in [6.07, 6.45) is 57.3. The molecule has 11 nitrogen and oxygen atoms in total. The number of unbranched alkanes of at least 4 members (excludes halogenated alkanes) is 21. The predicted octanol–water partition coefficient (Wildman–Crippen LogP) is 13.9. The fourth-order valence-corrected chi connectivity index (χ4v) is 8.77. The van der Waals surface area contributed by atoms with Crippen LogP contribution < -0.4 is 5.32 Å². The lowest BCUT2D eigenvalue weighted by molar-refractivity contribution is -0.305. The molecule has 75 heavy (non-hydrogen) atoms. The molecule has 1 amide bonds. The van der Waals surface area contributed by atoms with Crippen molar-refractivity contribution in [1.29, 1.82) is 0 Å². The quantitative estimate of drug-likeness (QED) is 0.0195. The number of allylic oxidation sites excluding steroid dienone is 15. The van der Waals surface area contributed by atoms with E-state index in [0.717, 1.165) is 135 Å². The van der Waals surface area contributed by atoms with Crippen LogP contribution in [0.2, 0.25) is 0 Å². The van der Waals surface area contributed by atoms with Crippen molar-refractivity contribution >= 4 is 11.9 Å². The van der Waals surface area contributed by atoms with Gasteiger partial charge in [0.25, 0.3) is 0 Å². The number of hydrogen-bond acceptors (Lipinski definition) is 10. The van der Waals surface area contributed by atoms with E-state index < -0.39 is 67.4 Å². The minimum absolute atomic E-state index is 0.107. The van der Waals surface area contributed by atoms with Crippen LogP contribution in [-0.2, 0) is 23.8 Å². The summed E-state index contributed by atoms with van der Waals surface area (Å²) in [5, 5.41) is 56.9. The topological polar surface area (TPSA) is 175 Å². The molecule has 0 aromatic rings. The standard InChI is InChI=1S/C64H109NO10/c1-4-7-10-13-16-19-22-25-27-28-29-30-31-32-33-36-39-42-45-48-51-57(68)63(72)65-55(56(67)50-47-44-41-38-35-24-21-18-15-12-9-6-3)54-73-64-62(61(71)60(70)58(53-66)74-64)75-59(69)52-49-46-43-40-37-34-26-23-20-17-14-11-8-5-2/h7-8,10-11,16-17,19-20,25,27,29-30,32-33,47,50,55-58,60-62,64,66-68,70-71H,4-6,9,12-15,18,21-24,26,28,31,34-46,48-49,51-54H2,1-3H3,(H,65,72)/b10-7-,11-8+,19-16-,20-17+,27-25-,30-29-,33-32-,50-47+. The summed E-state index contributed by atoms with van der Waals surface area (Å²) < 4.78 is 17.6. The third-order valence-electron chi connectivity index (χ3n) is 13.5. The van der Waals surface area contributed by atoms with Gasteiger partial charge < -0.3 is 45.1 Å². The molecule has 0 aliphatic carbocycles. The SMILES string of the molecule is CC/C=C\C/C=C\C/C=C\C/C=C\C/C=C\CCCCCCC(O)C(=O)NC(COC1OC(CO)C(O)C(O)C1OC(=O)CCCCCCCCC/C=C/C/C=C/CC)C(O)/C=C/CCCCCCCCCCCC. The van der Waals surface area contributed by atoms with Crippen LogP contribution in [0.3, 0.4) is 0 Å². The molecule has 0 radical (unpaired) electrons. The number of carbonyl (C=O) groups is 2. The van der Waals surface area contributed by atoms with Gasteiger partial charge in [0.05, 0.1) is 25.4 Å². The molecule has 11 heteroatoms. The molecule has 0 saturated carbocycles. The molecular formula is C64H109NO10. The number of hydrogen-bond donors (Lipinski definition) is 6. The number of rotatable bonds is 49. The first-order chi connectivity index (χ1) is 36.7. The maximum Gasteiger partial charge on any atom is 0.306 e. The second-order valence-electron chi connectivity index (χ2n) is 20.3. The molecule has 430 valence electrons. The van der Waals surface area contributed by atoms with Crippen molar-refractivity contribution in [3.63, 3.8) is 0 Å². The minimum Gasteiger partial charge on any atom is -0.454 e. The molecule has 0 aromatic carbocycles. The summed E-state index contributed by atoms with van der Waals surface area (Å²) in [7, 11) is 0. The van der Waals surface area contributed by atoms with E-state index in [2.05, 4.69) is 111 Å². The second-order valence-corrected chi connectivity index (χ2v) is 20.3. The fraction of sp³-hybridized carbons (Fsp3) is 0.719. The molecular weight excluding hydrogens is 943 g/mol. The monoisotopic (exact) mass is 1050 g/mol. The van der Waals surface area contributed by atoms with E-state index in [1.165, 1.54) is 51.4 Å². The zero-order valence-corrected chi connectivity index (χ0v) is 47.4. The average molecular weight is 1050 g/mol. The molecule has 1 rings (SSSR count). The van der Waals surface area contributed by atoms with E-state index in [1.807, 2.05) is 6.08 Å². The van der Waals surface area contributed by atoms with Crippen molar-refractivity contribution in [2.45, 2.75) is 282 Å². The highest BCUT2D eigenvalue weighted by Crippen LogP contribution is 2.26. The molecule has 1 aliphatic heterocycles. The molecule has 0 bridgehead atoms. The molecule has 0 aromatic heterocycles. The number of esters is 1. The van der Waals surface area contributed by atoms with Crippen LogP contribution in [0.15, 0.2) is 97.2 Å². The van der Waals surface area contributed by atoms with E-state index in [-0.39, 0.29) is 19.4 Å². The Labute approximate surface area is 456 Å². The number of aliphatic hydroxyl groups excluding tert-OH is 5. The Hall–Kier alpha value is -3.42. The van der Waals surface area contributed by atoms with Gasteiger partial charge in [0.1, 0.15) is 24.4 Å². The molecule has 1 heterocycles. The average Bonchev–Trinajstić information content (AvgIpc) is 3.41. The minimum atomic E-state index is -1.62. The smallest absolute Gasteiger partial charge is 0.306 e. The van der Waals surface area contributed by atoms with Crippen molar-refractivity contribution in [2.24, 2.45) is 0 Å².